The number of carbonyl (C=O) groups excluding carboxylic acids is 2. The minimum Gasteiger partial charge on any atom is -0.338 e. The van der Waals surface area contributed by atoms with Gasteiger partial charge in [0, 0.05) is 32.1 Å². The van der Waals surface area contributed by atoms with E-state index in [-0.39, 0.29) is 24.3 Å². The predicted octanol–water partition coefficient (Wildman–Crippen LogP) is 4.91. The Morgan fingerprint density at radius 2 is 1.22 bits per heavy atom. The second-order valence-electron chi connectivity index (χ2n) is 8.64. The van der Waals surface area contributed by atoms with E-state index < -0.39 is 60.7 Å². The van der Waals surface area contributed by atoms with Crippen LogP contribution in [0.15, 0.2) is 24.3 Å². The Bertz CT molecular complexity index is 1000. The molecule has 0 aliphatic carbocycles. The zero-order valence-corrected chi connectivity index (χ0v) is 18.2. The van der Waals surface area contributed by atoms with Crippen LogP contribution >= 0.6 is 0 Å². The van der Waals surface area contributed by atoms with Crippen LogP contribution in [0.1, 0.15) is 24.0 Å². The van der Waals surface area contributed by atoms with E-state index in [0.29, 0.717) is 13.0 Å². The van der Waals surface area contributed by atoms with Crippen LogP contribution in [0, 0.1) is 5.92 Å². The van der Waals surface area contributed by atoms with E-state index in [1.54, 1.807) is 12.1 Å². The van der Waals surface area contributed by atoms with Crippen molar-refractivity contribution in [3.63, 3.8) is 0 Å². The Hall–Kier alpha value is -2.61. The molecule has 0 spiro atoms. The average Bonchev–Trinajstić information content (AvgIpc) is 2.81. The van der Waals surface area contributed by atoms with E-state index in [1.807, 2.05) is 12.1 Å². The smallest absolute Gasteiger partial charge is 0.338 e. The molecule has 2 amide bonds. The number of nitrogens with zero attached hydrogens (tertiary/aromatic N) is 2. The number of alkyl halides is 11. The first-order chi connectivity index (χ1) is 16.4. The molecular weight excluding hydrogens is 521 g/mol. The quantitative estimate of drug-likeness (QED) is 0.498. The lowest BCUT2D eigenvalue weighted by atomic mass is 9.92. The van der Waals surface area contributed by atoms with Gasteiger partial charge in [0.15, 0.2) is 0 Å². The van der Waals surface area contributed by atoms with Gasteiger partial charge in [0.2, 0.25) is 5.91 Å². The maximum absolute atomic E-state index is 14.1. The van der Waals surface area contributed by atoms with Crippen molar-refractivity contribution in [3.8, 4) is 0 Å². The van der Waals surface area contributed by atoms with Crippen molar-refractivity contribution in [2.24, 2.45) is 5.92 Å². The third kappa shape index (κ3) is 4.38. The minimum absolute atomic E-state index is 0.0506. The van der Waals surface area contributed by atoms with E-state index in [2.05, 4.69) is 0 Å². The third-order valence-corrected chi connectivity index (χ3v) is 6.38. The molecule has 0 atom stereocenters. The summed E-state index contributed by atoms with van der Waals surface area (Å²) in [5, 5.41) is 0. The zero-order valence-electron chi connectivity index (χ0n) is 18.2. The minimum atomic E-state index is -7.64. The van der Waals surface area contributed by atoms with Crippen LogP contribution in [0.25, 0.3) is 0 Å². The largest absolute Gasteiger partial charge is 0.460 e. The summed E-state index contributed by atoms with van der Waals surface area (Å²) in [5.74, 6) is -33.5. The Morgan fingerprint density at radius 3 is 1.75 bits per heavy atom. The molecule has 0 saturated carbocycles. The Kier molecular flexibility index (Phi) is 7.03. The number of amides is 2. The normalized spacial score (nSPS) is 18.8. The SMILES string of the molecule is O=C(C1CCN(C(=O)C(F)(F)C(F)(F)C(F)(F)C(F)(F)C(F)(F)F)CC1)N1CCc2ccccc2C1. The molecule has 0 unspecified atom stereocenters. The molecule has 36 heavy (non-hydrogen) atoms. The van der Waals surface area contributed by atoms with Crippen LogP contribution in [0.5, 0.6) is 0 Å². The van der Waals surface area contributed by atoms with Crippen LogP contribution in [0.3, 0.4) is 0 Å². The summed E-state index contributed by atoms with van der Waals surface area (Å²) < 4.78 is 145. The molecule has 202 valence electrons. The molecule has 1 saturated heterocycles. The van der Waals surface area contributed by atoms with Gasteiger partial charge in [-0.2, -0.15) is 48.3 Å². The summed E-state index contributed by atoms with van der Waals surface area (Å²) >= 11 is 0. The number of hydrogen-bond donors (Lipinski definition) is 0. The van der Waals surface area contributed by atoms with Gasteiger partial charge in [-0.3, -0.25) is 9.59 Å². The molecule has 0 radical (unpaired) electrons. The lowest BCUT2D eigenvalue weighted by Gasteiger charge is -2.40. The van der Waals surface area contributed by atoms with Crippen molar-refractivity contribution >= 4 is 11.8 Å². The fourth-order valence-corrected chi connectivity index (χ4v) is 4.18. The van der Waals surface area contributed by atoms with Gasteiger partial charge in [0.1, 0.15) is 0 Å². The van der Waals surface area contributed by atoms with E-state index >= 15 is 0 Å². The van der Waals surface area contributed by atoms with Crippen molar-refractivity contribution in [2.75, 3.05) is 19.6 Å². The molecule has 0 aromatic heterocycles. The van der Waals surface area contributed by atoms with Crippen molar-refractivity contribution in [2.45, 2.75) is 55.7 Å². The second kappa shape index (κ2) is 9.05. The lowest BCUT2D eigenvalue weighted by Crippen LogP contribution is -2.69. The first-order valence-corrected chi connectivity index (χ1v) is 10.6. The standard InChI is InChI=1S/C21H19F11N2O2/c22-17(23,18(24,25)19(26,27)20(28,29)21(30,31)32)16(36)33-8-6-13(7-9-33)15(35)34-10-5-12-3-1-2-4-14(12)11-34/h1-4,13H,5-11H2. The number of halogens is 11. The van der Waals surface area contributed by atoms with E-state index in [4.69, 9.17) is 0 Å². The highest BCUT2D eigenvalue weighted by Crippen LogP contribution is 2.57. The molecular formula is C21H19F11N2O2. The molecule has 2 aliphatic heterocycles. The van der Waals surface area contributed by atoms with Gasteiger partial charge in [0.05, 0.1) is 0 Å². The molecule has 15 heteroatoms. The lowest BCUT2D eigenvalue weighted by molar-refractivity contribution is -0.417. The van der Waals surface area contributed by atoms with Crippen LogP contribution in [-0.2, 0) is 22.6 Å². The van der Waals surface area contributed by atoms with Crippen LogP contribution in [0.4, 0.5) is 48.3 Å². The highest BCUT2D eigenvalue weighted by atomic mass is 19.4. The fourth-order valence-electron chi connectivity index (χ4n) is 4.18. The molecule has 1 fully saturated rings. The number of carbonyl (C=O) groups is 2. The van der Waals surface area contributed by atoms with Crippen molar-refractivity contribution < 1.29 is 57.9 Å². The molecule has 2 aliphatic rings. The first-order valence-electron chi connectivity index (χ1n) is 10.6. The van der Waals surface area contributed by atoms with Gasteiger partial charge in [-0.05, 0) is 30.4 Å². The number of piperidine rings is 1. The van der Waals surface area contributed by atoms with Gasteiger partial charge in [-0.25, -0.2) is 0 Å². The van der Waals surface area contributed by atoms with E-state index in [1.165, 1.54) is 4.90 Å². The highest BCUT2D eigenvalue weighted by molar-refractivity contribution is 5.85. The first kappa shape index (κ1) is 28.0. The van der Waals surface area contributed by atoms with Crippen molar-refractivity contribution in [3.05, 3.63) is 35.4 Å². The molecule has 1 aromatic rings. The molecule has 3 rings (SSSR count). The zero-order chi connectivity index (χ0) is 27.3. The summed E-state index contributed by atoms with van der Waals surface area (Å²) in [6, 6.07) is 7.27. The maximum atomic E-state index is 14.1. The monoisotopic (exact) mass is 540 g/mol. The molecule has 0 bridgehead atoms. The number of fused-ring (bicyclic) bond motifs is 1. The molecule has 0 N–H and O–H groups in total. The average molecular weight is 540 g/mol. The number of hydrogen-bond acceptors (Lipinski definition) is 2. The predicted molar refractivity (Wildman–Crippen MR) is 101 cm³/mol. The Labute approximate surface area is 197 Å². The van der Waals surface area contributed by atoms with Gasteiger partial charge in [-0.1, -0.05) is 24.3 Å². The number of benzene rings is 1. The van der Waals surface area contributed by atoms with Crippen LogP contribution in [-0.4, -0.2) is 71.1 Å². The Balaban J connectivity index is 1.68. The number of likely N-dealkylation sites (tertiary alicyclic amines) is 1. The van der Waals surface area contributed by atoms with Crippen molar-refractivity contribution in [1.29, 1.82) is 0 Å². The van der Waals surface area contributed by atoms with Crippen molar-refractivity contribution in [1.82, 2.24) is 9.80 Å². The summed E-state index contributed by atoms with van der Waals surface area (Å²) in [5.41, 5.74) is 1.90. The van der Waals surface area contributed by atoms with Gasteiger partial charge in [-0.15, -0.1) is 0 Å². The molecule has 2 heterocycles. The molecule has 4 nitrogen and oxygen atoms in total. The summed E-state index contributed by atoms with van der Waals surface area (Å²) in [6.45, 7) is -1.01. The van der Waals surface area contributed by atoms with Crippen LogP contribution in [0.2, 0.25) is 0 Å². The van der Waals surface area contributed by atoms with E-state index in [0.717, 1.165) is 11.1 Å². The second-order valence-corrected chi connectivity index (χ2v) is 8.64. The summed E-state index contributed by atoms with van der Waals surface area (Å²) in [4.78, 5) is 26.2. The fraction of sp³-hybridized carbons (Fsp3) is 0.619. The summed E-state index contributed by atoms with van der Waals surface area (Å²) in [7, 11) is 0. The van der Waals surface area contributed by atoms with Gasteiger partial charge in [0.25, 0.3) is 5.91 Å². The summed E-state index contributed by atoms with van der Waals surface area (Å²) in [6.07, 6.45) is -7.43. The van der Waals surface area contributed by atoms with Gasteiger partial charge < -0.3 is 9.80 Å². The number of rotatable bonds is 5. The maximum Gasteiger partial charge on any atom is 0.460 e. The topological polar surface area (TPSA) is 40.6 Å². The molecule has 1 aromatic carbocycles. The third-order valence-electron chi connectivity index (χ3n) is 6.38. The van der Waals surface area contributed by atoms with Crippen LogP contribution < -0.4 is 0 Å². The van der Waals surface area contributed by atoms with Gasteiger partial charge >= 0.3 is 29.9 Å². The highest BCUT2D eigenvalue weighted by Gasteiger charge is 2.88. The van der Waals surface area contributed by atoms with E-state index in [9.17, 15) is 57.9 Å². The Morgan fingerprint density at radius 1 is 0.694 bits per heavy atom.